The van der Waals surface area contributed by atoms with Gasteiger partial charge in [-0.05, 0) is 48.9 Å². The lowest BCUT2D eigenvalue weighted by molar-refractivity contribution is -0.117. The number of hydrogen-bond acceptors (Lipinski definition) is 4. The number of nitrogens with one attached hydrogen (secondary N) is 1. The monoisotopic (exact) mass is 418 g/mol. The number of halogens is 1. The van der Waals surface area contributed by atoms with Crippen LogP contribution in [0.4, 0.5) is 10.2 Å². The van der Waals surface area contributed by atoms with Crippen LogP contribution in [0.15, 0.2) is 83.5 Å². The molecule has 0 saturated heterocycles. The summed E-state index contributed by atoms with van der Waals surface area (Å²) < 4.78 is 20.4. The van der Waals surface area contributed by atoms with Gasteiger partial charge in [0.25, 0.3) is 0 Å². The first-order valence-electron chi connectivity index (χ1n) is 9.98. The normalized spacial score (nSPS) is 11.1. The number of anilines is 1. The molecule has 0 atom stereocenters. The quantitative estimate of drug-likeness (QED) is 0.456. The van der Waals surface area contributed by atoms with Crippen LogP contribution in [-0.2, 0) is 17.9 Å². The molecule has 2 heterocycles. The van der Waals surface area contributed by atoms with E-state index >= 15 is 0 Å². The maximum Gasteiger partial charge on any atom is 0.239 e. The SMILES string of the molecule is Cc1cc(NC(=O)CN(Cc2ccccc2)Cc2ccco2)n(-c2ccc(F)cc2)n1. The van der Waals surface area contributed by atoms with E-state index < -0.39 is 0 Å². The first-order valence-corrected chi connectivity index (χ1v) is 9.98. The third-order valence-corrected chi connectivity index (χ3v) is 4.75. The van der Waals surface area contributed by atoms with Crippen LogP contribution in [0.2, 0.25) is 0 Å². The fourth-order valence-electron chi connectivity index (χ4n) is 3.39. The van der Waals surface area contributed by atoms with Crippen LogP contribution in [0.5, 0.6) is 0 Å². The summed E-state index contributed by atoms with van der Waals surface area (Å²) in [5.41, 5.74) is 2.52. The molecule has 1 amide bonds. The van der Waals surface area contributed by atoms with Crippen molar-refractivity contribution in [2.45, 2.75) is 20.0 Å². The molecule has 6 nitrogen and oxygen atoms in total. The van der Waals surface area contributed by atoms with Crippen molar-refractivity contribution in [1.29, 1.82) is 0 Å². The second-order valence-electron chi connectivity index (χ2n) is 7.32. The van der Waals surface area contributed by atoms with E-state index in [0.29, 0.717) is 24.6 Å². The molecule has 0 fully saturated rings. The van der Waals surface area contributed by atoms with Crippen molar-refractivity contribution in [3.63, 3.8) is 0 Å². The number of nitrogens with zero attached hydrogens (tertiary/aromatic N) is 3. The number of carbonyl (C=O) groups is 1. The van der Waals surface area contributed by atoms with Crippen molar-refractivity contribution >= 4 is 11.7 Å². The van der Waals surface area contributed by atoms with Gasteiger partial charge in [0.1, 0.15) is 17.4 Å². The minimum absolute atomic E-state index is 0.170. The van der Waals surface area contributed by atoms with Gasteiger partial charge in [0.15, 0.2) is 0 Å². The Labute approximate surface area is 179 Å². The van der Waals surface area contributed by atoms with Gasteiger partial charge in [-0.15, -0.1) is 0 Å². The highest BCUT2D eigenvalue weighted by atomic mass is 19.1. The first-order chi connectivity index (χ1) is 15.1. The lowest BCUT2D eigenvalue weighted by Crippen LogP contribution is -2.33. The molecular weight excluding hydrogens is 395 g/mol. The van der Waals surface area contributed by atoms with Crippen molar-refractivity contribution in [2.24, 2.45) is 0 Å². The Balaban J connectivity index is 1.49. The predicted octanol–water partition coefficient (Wildman–Crippen LogP) is 4.55. The van der Waals surface area contributed by atoms with E-state index in [1.165, 1.54) is 12.1 Å². The Morgan fingerprint density at radius 1 is 1.06 bits per heavy atom. The molecule has 2 aromatic heterocycles. The largest absolute Gasteiger partial charge is 0.468 e. The summed E-state index contributed by atoms with van der Waals surface area (Å²) >= 11 is 0. The number of amides is 1. The van der Waals surface area contributed by atoms with Crippen LogP contribution in [0.1, 0.15) is 17.0 Å². The van der Waals surface area contributed by atoms with Gasteiger partial charge in [0.2, 0.25) is 5.91 Å². The van der Waals surface area contributed by atoms with Crippen molar-refractivity contribution in [3.05, 3.63) is 102 Å². The van der Waals surface area contributed by atoms with Crippen LogP contribution in [-0.4, -0.2) is 27.1 Å². The molecule has 31 heavy (non-hydrogen) atoms. The summed E-state index contributed by atoms with van der Waals surface area (Å²) in [6.07, 6.45) is 1.63. The van der Waals surface area contributed by atoms with Gasteiger partial charge in [0, 0.05) is 12.6 Å². The van der Waals surface area contributed by atoms with E-state index in [2.05, 4.69) is 10.4 Å². The van der Waals surface area contributed by atoms with E-state index in [1.54, 1.807) is 29.1 Å². The summed E-state index contributed by atoms with van der Waals surface area (Å²) in [5, 5.41) is 7.36. The second kappa shape index (κ2) is 9.40. The molecule has 0 saturated carbocycles. The first kappa shape index (κ1) is 20.6. The van der Waals surface area contributed by atoms with Gasteiger partial charge in [-0.3, -0.25) is 9.69 Å². The molecule has 0 aliphatic carbocycles. The molecule has 4 rings (SSSR count). The molecule has 0 aliphatic heterocycles. The highest BCUT2D eigenvalue weighted by molar-refractivity contribution is 5.91. The third kappa shape index (κ3) is 5.46. The van der Waals surface area contributed by atoms with Gasteiger partial charge >= 0.3 is 0 Å². The Hall–Kier alpha value is -3.71. The molecule has 0 spiro atoms. The lowest BCUT2D eigenvalue weighted by Gasteiger charge is -2.21. The van der Waals surface area contributed by atoms with Crippen LogP contribution >= 0.6 is 0 Å². The minimum atomic E-state index is -0.326. The Morgan fingerprint density at radius 2 is 1.84 bits per heavy atom. The average Bonchev–Trinajstić information content (AvgIpc) is 3.39. The molecule has 4 aromatic rings. The predicted molar refractivity (Wildman–Crippen MR) is 116 cm³/mol. The zero-order valence-electron chi connectivity index (χ0n) is 17.2. The van der Waals surface area contributed by atoms with Crippen molar-refractivity contribution in [2.75, 3.05) is 11.9 Å². The third-order valence-electron chi connectivity index (χ3n) is 4.75. The van der Waals surface area contributed by atoms with E-state index in [4.69, 9.17) is 4.42 Å². The van der Waals surface area contributed by atoms with Crippen molar-refractivity contribution in [1.82, 2.24) is 14.7 Å². The Kier molecular flexibility index (Phi) is 6.24. The minimum Gasteiger partial charge on any atom is -0.468 e. The molecule has 0 unspecified atom stereocenters. The molecule has 7 heteroatoms. The van der Waals surface area contributed by atoms with Crippen LogP contribution in [0, 0.1) is 12.7 Å². The fourth-order valence-corrected chi connectivity index (χ4v) is 3.39. The molecule has 158 valence electrons. The van der Waals surface area contributed by atoms with E-state index in [-0.39, 0.29) is 18.3 Å². The van der Waals surface area contributed by atoms with Crippen LogP contribution in [0.25, 0.3) is 5.69 Å². The number of aromatic nitrogens is 2. The summed E-state index contributed by atoms with van der Waals surface area (Å²) in [7, 11) is 0. The standard InChI is InChI=1S/C24H23FN4O2/c1-18-14-23(29(27-18)21-11-9-20(25)10-12-21)26-24(30)17-28(16-22-8-5-13-31-22)15-19-6-3-2-4-7-19/h2-14H,15-17H2,1H3,(H,26,30). The second-order valence-corrected chi connectivity index (χ2v) is 7.32. The topological polar surface area (TPSA) is 63.3 Å². The van der Waals surface area contributed by atoms with Crippen LogP contribution < -0.4 is 5.32 Å². The van der Waals surface area contributed by atoms with E-state index in [1.807, 2.05) is 54.3 Å². The number of benzene rings is 2. The smallest absolute Gasteiger partial charge is 0.239 e. The zero-order valence-corrected chi connectivity index (χ0v) is 17.2. The Bertz CT molecular complexity index is 1120. The average molecular weight is 418 g/mol. The van der Waals surface area contributed by atoms with Gasteiger partial charge in [-0.1, -0.05) is 30.3 Å². The molecule has 0 radical (unpaired) electrons. The molecule has 0 bridgehead atoms. The van der Waals surface area contributed by atoms with Gasteiger partial charge in [0.05, 0.1) is 30.7 Å². The number of hydrogen-bond donors (Lipinski definition) is 1. The molecular formula is C24H23FN4O2. The zero-order chi connectivity index (χ0) is 21.6. The maximum atomic E-state index is 13.3. The summed E-state index contributed by atoms with van der Waals surface area (Å²) in [5.74, 6) is 0.820. The number of aryl methyl sites for hydroxylation is 1. The van der Waals surface area contributed by atoms with Gasteiger partial charge in [-0.25, -0.2) is 9.07 Å². The Morgan fingerprint density at radius 3 is 2.55 bits per heavy atom. The van der Waals surface area contributed by atoms with Crippen LogP contribution in [0.3, 0.4) is 0 Å². The van der Waals surface area contributed by atoms with Crippen molar-refractivity contribution in [3.8, 4) is 5.69 Å². The van der Waals surface area contributed by atoms with E-state index in [0.717, 1.165) is 17.0 Å². The maximum absolute atomic E-state index is 13.3. The molecule has 2 aromatic carbocycles. The number of rotatable bonds is 8. The van der Waals surface area contributed by atoms with Gasteiger partial charge < -0.3 is 9.73 Å². The number of carbonyl (C=O) groups excluding carboxylic acids is 1. The molecule has 1 N–H and O–H groups in total. The summed E-state index contributed by atoms with van der Waals surface area (Å²) in [6, 6.07) is 21.5. The highest BCUT2D eigenvalue weighted by Gasteiger charge is 2.16. The lowest BCUT2D eigenvalue weighted by atomic mass is 10.2. The van der Waals surface area contributed by atoms with Gasteiger partial charge in [-0.2, -0.15) is 5.10 Å². The summed E-state index contributed by atoms with van der Waals surface area (Å²) in [4.78, 5) is 14.9. The summed E-state index contributed by atoms with van der Waals surface area (Å²) in [6.45, 7) is 3.12. The molecule has 0 aliphatic rings. The number of furan rings is 1. The fraction of sp³-hybridized carbons (Fsp3) is 0.167. The highest BCUT2D eigenvalue weighted by Crippen LogP contribution is 2.18. The van der Waals surface area contributed by atoms with E-state index in [9.17, 15) is 9.18 Å². The van der Waals surface area contributed by atoms with Crippen molar-refractivity contribution < 1.29 is 13.6 Å².